The first kappa shape index (κ1) is 14.5. The normalized spacial score (nSPS) is 19.5. The van der Waals surface area contributed by atoms with Crippen LogP contribution >= 0.6 is 0 Å². The van der Waals surface area contributed by atoms with Crippen molar-refractivity contribution < 1.29 is 4.21 Å². The van der Waals surface area contributed by atoms with E-state index in [1.807, 2.05) is 25.1 Å². The minimum atomic E-state index is -0.923. The molecule has 0 aromatic heterocycles. The smallest absolute Gasteiger partial charge is 0.0542 e. The maximum atomic E-state index is 12.2. The molecule has 1 aliphatic heterocycles. The molecule has 1 heterocycles. The maximum absolute atomic E-state index is 12.2. The zero-order valence-electron chi connectivity index (χ0n) is 11.8. The zero-order valence-corrected chi connectivity index (χ0v) is 12.6. The van der Waals surface area contributed by atoms with Crippen LogP contribution in [0.15, 0.2) is 23.1 Å². The summed E-state index contributed by atoms with van der Waals surface area (Å²) in [5, 5.41) is 0. The second-order valence-electron chi connectivity index (χ2n) is 5.21. The fourth-order valence-corrected chi connectivity index (χ4v) is 3.38. The largest absolute Gasteiger partial charge is 0.399 e. The molecule has 0 spiro atoms. The van der Waals surface area contributed by atoms with Gasteiger partial charge in [0.1, 0.15) is 0 Å². The quantitative estimate of drug-likeness (QED) is 0.834. The summed E-state index contributed by atoms with van der Waals surface area (Å²) in [7, 11) is 1.22. The van der Waals surface area contributed by atoms with E-state index in [0.29, 0.717) is 5.75 Å². The number of nitrogens with zero attached hydrogens (tertiary/aromatic N) is 2. The van der Waals surface area contributed by atoms with Crippen LogP contribution in [0.2, 0.25) is 0 Å². The Bertz CT molecular complexity index is 456. The highest BCUT2D eigenvalue weighted by Crippen LogP contribution is 2.16. The molecule has 106 valence electrons. The van der Waals surface area contributed by atoms with E-state index in [2.05, 4.69) is 16.8 Å². The molecule has 1 saturated heterocycles. The first-order valence-electron chi connectivity index (χ1n) is 6.71. The Morgan fingerprint density at radius 3 is 2.58 bits per heavy atom. The molecule has 0 aliphatic carbocycles. The summed E-state index contributed by atoms with van der Waals surface area (Å²) in [6.07, 6.45) is 0. The summed E-state index contributed by atoms with van der Waals surface area (Å²) in [6, 6.07) is 5.66. The van der Waals surface area contributed by atoms with Crippen LogP contribution < -0.4 is 5.73 Å². The van der Waals surface area contributed by atoms with Gasteiger partial charge in [0.25, 0.3) is 0 Å². The molecule has 2 N–H and O–H groups in total. The van der Waals surface area contributed by atoms with Crippen molar-refractivity contribution in [2.45, 2.75) is 11.8 Å². The molecule has 0 amide bonds. The van der Waals surface area contributed by atoms with E-state index in [1.165, 1.54) is 0 Å². The van der Waals surface area contributed by atoms with Crippen molar-refractivity contribution in [2.24, 2.45) is 0 Å². The third-order valence-corrected chi connectivity index (χ3v) is 5.03. The molecule has 0 bridgehead atoms. The molecule has 1 unspecified atom stereocenters. The number of likely N-dealkylation sites (N-methyl/N-ethyl adjacent to an activating group) is 1. The second kappa shape index (κ2) is 6.50. The van der Waals surface area contributed by atoms with Gasteiger partial charge < -0.3 is 10.6 Å². The van der Waals surface area contributed by atoms with Gasteiger partial charge in [-0.2, -0.15) is 0 Å². The van der Waals surface area contributed by atoms with Gasteiger partial charge in [-0.3, -0.25) is 9.11 Å². The number of anilines is 1. The Labute approximate surface area is 118 Å². The number of benzene rings is 1. The fraction of sp³-hybridized carbons (Fsp3) is 0.571. The van der Waals surface area contributed by atoms with Gasteiger partial charge in [-0.1, -0.05) is 0 Å². The predicted molar refractivity (Wildman–Crippen MR) is 80.8 cm³/mol. The van der Waals surface area contributed by atoms with E-state index in [9.17, 15) is 4.21 Å². The maximum Gasteiger partial charge on any atom is 0.0542 e. The van der Waals surface area contributed by atoms with Gasteiger partial charge in [-0.15, -0.1) is 0 Å². The molecule has 0 saturated carbocycles. The Morgan fingerprint density at radius 2 is 1.95 bits per heavy atom. The average molecular weight is 281 g/mol. The SMILES string of the molecule is Cc1cc(S(=O)CCN2CCN(C)CC2)ccc1N. The minimum Gasteiger partial charge on any atom is -0.399 e. The third kappa shape index (κ3) is 4.03. The monoisotopic (exact) mass is 281 g/mol. The van der Waals surface area contributed by atoms with E-state index >= 15 is 0 Å². The van der Waals surface area contributed by atoms with Crippen LogP contribution in [0.25, 0.3) is 0 Å². The molecule has 19 heavy (non-hydrogen) atoms. The van der Waals surface area contributed by atoms with Gasteiger partial charge in [0.2, 0.25) is 0 Å². The molecular weight excluding hydrogens is 258 g/mol. The summed E-state index contributed by atoms with van der Waals surface area (Å²) in [4.78, 5) is 5.61. The van der Waals surface area contributed by atoms with Crippen LogP contribution in [0.3, 0.4) is 0 Å². The Balaban J connectivity index is 1.85. The molecule has 1 aromatic carbocycles. The number of aryl methyl sites for hydroxylation is 1. The summed E-state index contributed by atoms with van der Waals surface area (Å²) in [5.41, 5.74) is 7.55. The molecule has 2 rings (SSSR count). The van der Waals surface area contributed by atoms with Gasteiger partial charge in [0, 0.05) is 49.1 Å². The molecule has 1 atom stereocenters. The number of hydrogen-bond acceptors (Lipinski definition) is 4. The van der Waals surface area contributed by atoms with E-state index in [4.69, 9.17) is 5.73 Å². The predicted octanol–water partition coefficient (Wildman–Crippen LogP) is 0.932. The Hall–Kier alpha value is -0.910. The summed E-state index contributed by atoms with van der Waals surface area (Å²) in [6.45, 7) is 7.23. The lowest BCUT2D eigenvalue weighted by Crippen LogP contribution is -2.45. The van der Waals surface area contributed by atoms with Gasteiger partial charge in [0.05, 0.1) is 10.8 Å². The standard InChI is InChI=1S/C14H23N3OS/c1-12-11-13(3-4-14(12)15)19(18)10-9-17-7-5-16(2)6-8-17/h3-4,11H,5-10,15H2,1-2H3. The Kier molecular flexibility index (Phi) is 4.96. The van der Waals surface area contributed by atoms with Crippen molar-refractivity contribution in [1.82, 2.24) is 9.80 Å². The van der Waals surface area contributed by atoms with Crippen molar-refractivity contribution in [2.75, 3.05) is 51.3 Å². The molecular formula is C14H23N3OS. The second-order valence-corrected chi connectivity index (χ2v) is 6.78. The first-order chi connectivity index (χ1) is 9.06. The van der Waals surface area contributed by atoms with E-state index < -0.39 is 10.8 Å². The lowest BCUT2D eigenvalue weighted by Gasteiger charge is -2.32. The lowest BCUT2D eigenvalue weighted by atomic mass is 10.2. The minimum absolute atomic E-state index is 0.701. The highest BCUT2D eigenvalue weighted by Gasteiger charge is 2.14. The van der Waals surface area contributed by atoms with Gasteiger partial charge in [-0.05, 0) is 37.7 Å². The Morgan fingerprint density at radius 1 is 1.26 bits per heavy atom. The highest BCUT2D eigenvalue weighted by molar-refractivity contribution is 7.85. The van der Waals surface area contributed by atoms with Crippen molar-refractivity contribution >= 4 is 16.5 Å². The topological polar surface area (TPSA) is 49.6 Å². The number of nitrogen functional groups attached to an aromatic ring is 1. The number of hydrogen-bond donors (Lipinski definition) is 1. The molecule has 0 radical (unpaired) electrons. The molecule has 5 heteroatoms. The van der Waals surface area contributed by atoms with Crippen molar-refractivity contribution in [3.05, 3.63) is 23.8 Å². The van der Waals surface area contributed by atoms with E-state index in [1.54, 1.807) is 0 Å². The number of rotatable bonds is 4. The van der Waals surface area contributed by atoms with Crippen LogP contribution in [0.4, 0.5) is 5.69 Å². The third-order valence-electron chi connectivity index (χ3n) is 3.69. The van der Waals surface area contributed by atoms with Crippen LogP contribution in [-0.2, 0) is 10.8 Å². The van der Waals surface area contributed by atoms with E-state index in [0.717, 1.165) is 48.9 Å². The molecule has 1 fully saturated rings. The average Bonchev–Trinajstić information content (AvgIpc) is 2.41. The lowest BCUT2D eigenvalue weighted by molar-refractivity contribution is 0.161. The van der Waals surface area contributed by atoms with Crippen molar-refractivity contribution in [1.29, 1.82) is 0 Å². The van der Waals surface area contributed by atoms with Crippen LogP contribution in [-0.4, -0.2) is 59.5 Å². The van der Waals surface area contributed by atoms with Gasteiger partial charge in [-0.25, -0.2) is 0 Å². The van der Waals surface area contributed by atoms with Gasteiger partial charge in [0.15, 0.2) is 0 Å². The summed E-state index contributed by atoms with van der Waals surface area (Å²) >= 11 is 0. The van der Waals surface area contributed by atoms with E-state index in [-0.39, 0.29) is 0 Å². The molecule has 1 aromatic rings. The molecule has 1 aliphatic rings. The number of piperazine rings is 1. The highest BCUT2D eigenvalue weighted by atomic mass is 32.2. The summed E-state index contributed by atoms with van der Waals surface area (Å²) < 4.78 is 12.2. The number of nitrogens with two attached hydrogens (primary N) is 1. The zero-order chi connectivity index (χ0) is 13.8. The van der Waals surface area contributed by atoms with Crippen LogP contribution in [0.5, 0.6) is 0 Å². The van der Waals surface area contributed by atoms with Crippen LogP contribution in [0.1, 0.15) is 5.56 Å². The van der Waals surface area contributed by atoms with Crippen LogP contribution in [0, 0.1) is 6.92 Å². The fourth-order valence-electron chi connectivity index (χ4n) is 2.19. The van der Waals surface area contributed by atoms with Gasteiger partial charge >= 0.3 is 0 Å². The van der Waals surface area contributed by atoms with Crippen molar-refractivity contribution in [3.8, 4) is 0 Å². The van der Waals surface area contributed by atoms with Crippen molar-refractivity contribution in [3.63, 3.8) is 0 Å². The first-order valence-corrected chi connectivity index (χ1v) is 8.03. The summed E-state index contributed by atoms with van der Waals surface area (Å²) in [5.74, 6) is 0.701. The molecule has 4 nitrogen and oxygen atoms in total.